The summed E-state index contributed by atoms with van der Waals surface area (Å²) in [5.74, 6) is 0. The Morgan fingerprint density at radius 2 is 1.46 bits per heavy atom. The fourth-order valence-electron chi connectivity index (χ4n) is 2.00. The summed E-state index contributed by atoms with van der Waals surface area (Å²) in [6, 6.07) is 0.989. The molecule has 0 fully saturated rings. The van der Waals surface area contributed by atoms with E-state index in [0.717, 1.165) is 6.04 Å². The summed E-state index contributed by atoms with van der Waals surface area (Å²) < 4.78 is 6.00. The lowest BCUT2D eigenvalue weighted by molar-refractivity contribution is 0.000399. The molecule has 0 aromatic rings. The lowest BCUT2D eigenvalue weighted by Crippen LogP contribution is -2.41. The first-order valence-electron chi connectivity index (χ1n) is 5.10. The molecular weight excluding hydrogens is 176 g/mol. The molecule has 2 heteroatoms. The quantitative estimate of drug-likeness (QED) is 0.638. The molecule has 0 N–H and O–H groups in total. The van der Waals surface area contributed by atoms with Crippen molar-refractivity contribution in [3.05, 3.63) is 6.92 Å². The number of hydrogen-bond donors (Lipinski definition) is 0. The molecule has 79 valence electrons. The molecule has 0 heterocycles. The van der Waals surface area contributed by atoms with Gasteiger partial charge in [0.25, 0.3) is 0 Å². The Hall–Kier alpha value is 0.177. The van der Waals surface area contributed by atoms with Gasteiger partial charge in [-0.3, -0.25) is 0 Å². The van der Waals surface area contributed by atoms with Crippen LogP contribution in [0.5, 0.6) is 0 Å². The van der Waals surface area contributed by atoms with Crippen molar-refractivity contribution < 1.29 is 4.43 Å². The van der Waals surface area contributed by atoms with Gasteiger partial charge in [-0.05, 0) is 16.9 Å². The van der Waals surface area contributed by atoms with Gasteiger partial charge in [-0.25, -0.2) is 0 Å². The van der Waals surface area contributed by atoms with Gasteiger partial charge >= 0.3 is 0 Å². The van der Waals surface area contributed by atoms with E-state index in [-0.39, 0.29) is 10.8 Å². The van der Waals surface area contributed by atoms with Gasteiger partial charge in [0.2, 0.25) is 0 Å². The Kier molecular flexibility index (Phi) is 4.67. The van der Waals surface area contributed by atoms with Crippen molar-refractivity contribution in [3.63, 3.8) is 0 Å². The molecule has 0 aliphatic rings. The van der Waals surface area contributed by atoms with Crippen LogP contribution in [0.2, 0.25) is 6.04 Å². The van der Waals surface area contributed by atoms with E-state index in [1.807, 2.05) is 0 Å². The monoisotopic (exact) mass is 201 g/mol. The van der Waals surface area contributed by atoms with Gasteiger partial charge in [-0.2, -0.15) is 0 Å². The van der Waals surface area contributed by atoms with E-state index in [1.165, 1.54) is 0 Å². The van der Waals surface area contributed by atoms with Gasteiger partial charge in [0.05, 0.1) is 6.10 Å². The van der Waals surface area contributed by atoms with E-state index in [9.17, 15) is 0 Å². The van der Waals surface area contributed by atoms with E-state index in [4.69, 9.17) is 4.43 Å². The number of rotatable bonds is 3. The third kappa shape index (κ3) is 4.82. The predicted octanol–water partition coefficient (Wildman–Crippen LogP) is 2.80. The summed E-state index contributed by atoms with van der Waals surface area (Å²) in [6.07, 6.45) is 0.355. The SMILES string of the molecule is [CH2]C[SiH2]OC(C(C)(C)C)C(C)(C)C. The summed E-state index contributed by atoms with van der Waals surface area (Å²) in [5, 5.41) is 0. The van der Waals surface area contributed by atoms with Crippen molar-refractivity contribution in [2.45, 2.75) is 53.7 Å². The fraction of sp³-hybridized carbons (Fsp3) is 0.909. The van der Waals surface area contributed by atoms with Crippen molar-refractivity contribution in [1.29, 1.82) is 0 Å². The van der Waals surface area contributed by atoms with Crippen molar-refractivity contribution in [2.24, 2.45) is 10.8 Å². The maximum absolute atomic E-state index is 6.00. The number of hydrogen-bond acceptors (Lipinski definition) is 1. The Balaban J connectivity index is 4.39. The molecule has 0 aromatic heterocycles. The van der Waals surface area contributed by atoms with E-state index in [1.54, 1.807) is 0 Å². The van der Waals surface area contributed by atoms with Crippen LogP contribution in [-0.4, -0.2) is 15.9 Å². The molecule has 0 amide bonds. The molecule has 0 rings (SSSR count). The third-order valence-electron chi connectivity index (χ3n) is 2.00. The van der Waals surface area contributed by atoms with Crippen LogP contribution in [0.15, 0.2) is 0 Å². The second-order valence-corrected chi connectivity index (χ2v) is 7.29. The van der Waals surface area contributed by atoms with Gasteiger partial charge in [-0.15, -0.1) is 0 Å². The highest BCUT2D eigenvalue weighted by atomic mass is 28.2. The highest BCUT2D eigenvalue weighted by Crippen LogP contribution is 2.35. The molecule has 0 aliphatic heterocycles. The highest BCUT2D eigenvalue weighted by molar-refractivity contribution is 6.27. The molecule has 0 saturated heterocycles. The van der Waals surface area contributed by atoms with Gasteiger partial charge in [0.15, 0.2) is 9.76 Å². The molecule has 1 nitrogen and oxygen atoms in total. The largest absolute Gasteiger partial charge is 0.420 e. The predicted molar refractivity (Wildman–Crippen MR) is 62.5 cm³/mol. The topological polar surface area (TPSA) is 9.23 Å². The second-order valence-electron chi connectivity index (χ2n) is 5.84. The van der Waals surface area contributed by atoms with E-state index < -0.39 is 9.76 Å². The van der Waals surface area contributed by atoms with Crippen molar-refractivity contribution in [2.75, 3.05) is 0 Å². The van der Waals surface area contributed by atoms with E-state index in [0.29, 0.717) is 6.10 Å². The Morgan fingerprint density at radius 3 is 1.69 bits per heavy atom. The molecule has 1 radical (unpaired) electrons. The van der Waals surface area contributed by atoms with Crippen LogP contribution in [0.1, 0.15) is 41.5 Å². The van der Waals surface area contributed by atoms with Gasteiger partial charge in [0, 0.05) is 0 Å². The zero-order valence-corrected chi connectivity index (χ0v) is 11.5. The second kappa shape index (κ2) is 4.60. The maximum atomic E-state index is 6.00. The minimum absolute atomic E-state index is 0.237. The summed E-state index contributed by atoms with van der Waals surface area (Å²) >= 11 is 0. The van der Waals surface area contributed by atoms with Crippen LogP contribution in [0, 0.1) is 17.8 Å². The first kappa shape index (κ1) is 13.2. The summed E-state index contributed by atoms with van der Waals surface area (Å²) in [6.45, 7) is 17.4. The van der Waals surface area contributed by atoms with Crippen molar-refractivity contribution >= 4 is 9.76 Å². The third-order valence-corrected chi connectivity index (χ3v) is 2.86. The van der Waals surface area contributed by atoms with Crippen LogP contribution < -0.4 is 0 Å². The molecule has 13 heavy (non-hydrogen) atoms. The molecule has 0 aliphatic carbocycles. The smallest absolute Gasteiger partial charge is 0.162 e. The van der Waals surface area contributed by atoms with Gasteiger partial charge in [0.1, 0.15) is 0 Å². The summed E-state index contributed by atoms with van der Waals surface area (Å²) in [5.41, 5.74) is 0.473. The molecule has 0 saturated carbocycles. The lowest BCUT2D eigenvalue weighted by atomic mass is 9.74. The van der Waals surface area contributed by atoms with Gasteiger partial charge in [-0.1, -0.05) is 48.5 Å². The minimum atomic E-state index is -0.396. The summed E-state index contributed by atoms with van der Waals surface area (Å²) in [7, 11) is -0.396. The lowest BCUT2D eigenvalue weighted by Gasteiger charge is -2.40. The normalized spacial score (nSPS) is 14.8. The van der Waals surface area contributed by atoms with Crippen LogP contribution in [0.4, 0.5) is 0 Å². The first-order valence-corrected chi connectivity index (χ1v) is 6.68. The zero-order chi connectivity index (χ0) is 10.7. The first-order chi connectivity index (χ1) is 5.69. The fourth-order valence-corrected chi connectivity index (χ4v) is 3.40. The van der Waals surface area contributed by atoms with Crippen LogP contribution in [-0.2, 0) is 4.43 Å². The minimum Gasteiger partial charge on any atom is -0.420 e. The summed E-state index contributed by atoms with van der Waals surface area (Å²) in [4.78, 5) is 0. The Morgan fingerprint density at radius 1 is 1.08 bits per heavy atom. The molecule has 0 aromatic carbocycles. The van der Waals surface area contributed by atoms with E-state index >= 15 is 0 Å². The van der Waals surface area contributed by atoms with E-state index in [2.05, 4.69) is 48.5 Å². The standard InChI is InChI=1S/C11H25OSi/c1-8-13-12-9(10(2,3)4)11(5,6)7/h9H,1,8,13H2,2-7H3. The molecule has 0 unspecified atom stereocenters. The average Bonchev–Trinajstić information content (AvgIpc) is 1.81. The highest BCUT2D eigenvalue weighted by Gasteiger charge is 2.34. The molecule has 0 bridgehead atoms. The van der Waals surface area contributed by atoms with Crippen LogP contribution in [0.3, 0.4) is 0 Å². The molecule has 0 atom stereocenters. The maximum Gasteiger partial charge on any atom is 0.162 e. The van der Waals surface area contributed by atoms with Crippen molar-refractivity contribution in [3.8, 4) is 0 Å². The average molecular weight is 201 g/mol. The zero-order valence-electron chi connectivity index (χ0n) is 10.1. The Labute approximate surface area is 86.2 Å². The van der Waals surface area contributed by atoms with Crippen LogP contribution >= 0.6 is 0 Å². The van der Waals surface area contributed by atoms with Crippen LogP contribution in [0.25, 0.3) is 0 Å². The van der Waals surface area contributed by atoms with Crippen molar-refractivity contribution in [1.82, 2.24) is 0 Å². The molecular formula is C11H25OSi. The Bertz CT molecular complexity index is 127. The molecule has 0 spiro atoms. The van der Waals surface area contributed by atoms with Gasteiger partial charge < -0.3 is 4.43 Å².